The molecule has 1 heterocycles. The summed E-state index contributed by atoms with van der Waals surface area (Å²) in [5, 5.41) is 1.06. The molecule has 0 N–H and O–H groups in total. The van der Waals surface area contributed by atoms with Gasteiger partial charge in [0.1, 0.15) is 0 Å². The molecule has 1 fully saturated rings. The Hall–Kier alpha value is -0.980. The SMILES string of the molecule is O=C(N1CCN(Cc2ccc(Cl)cc2Cl)CC1)C(F)(F)F. The molecule has 1 aromatic carbocycles. The van der Waals surface area contributed by atoms with Gasteiger partial charge in [0.2, 0.25) is 0 Å². The van der Waals surface area contributed by atoms with Gasteiger partial charge in [-0.2, -0.15) is 13.2 Å². The molecule has 0 bridgehead atoms. The summed E-state index contributed by atoms with van der Waals surface area (Å²) >= 11 is 11.9. The van der Waals surface area contributed by atoms with E-state index in [-0.39, 0.29) is 13.1 Å². The number of nitrogens with zero attached hydrogens (tertiary/aromatic N) is 2. The van der Waals surface area contributed by atoms with Crippen LogP contribution in [0.1, 0.15) is 5.56 Å². The van der Waals surface area contributed by atoms with Crippen LogP contribution >= 0.6 is 23.2 Å². The second-order valence-electron chi connectivity index (χ2n) is 4.80. The molecule has 0 atom stereocenters. The molecule has 1 aliphatic rings. The number of carbonyl (C=O) groups excluding carboxylic acids is 1. The van der Waals surface area contributed by atoms with Gasteiger partial charge < -0.3 is 4.90 Å². The van der Waals surface area contributed by atoms with Gasteiger partial charge in [-0.1, -0.05) is 29.3 Å². The van der Waals surface area contributed by atoms with Gasteiger partial charge in [-0.05, 0) is 17.7 Å². The predicted octanol–water partition coefficient (Wildman–Crippen LogP) is 3.20. The molecule has 0 aliphatic carbocycles. The summed E-state index contributed by atoms with van der Waals surface area (Å²) in [6.45, 7) is 1.39. The van der Waals surface area contributed by atoms with Crippen molar-refractivity contribution >= 4 is 29.1 Å². The first-order chi connectivity index (χ1) is 9.77. The highest BCUT2D eigenvalue weighted by Crippen LogP contribution is 2.23. The minimum atomic E-state index is -4.80. The summed E-state index contributed by atoms with van der Waals surface area (Å²) in [5.41, 5.74) is 0.858. The Morgan fingerprint density at radius 1 is 1.14 bits per heavy atom. The molecule has 0 spiro atoms. The Kier molecular flexibility index (Phi) is 5.01. The molecule has 0 aromatic heterocycles. The molecule has 1 saturated heterocycles. The van der Waals surface area contributed by atoms with Crippen LogP contribution in [0.3, 0.4) is 0 Å². The maximum Gasteiger partial charge on any atom is 0.471 e. The minimum absolute atomic E-state index is 0.0591. The van der Waals surface area contributed by atoms with Gasteiger partial charge in [-0.25, -0.2) is 0 Å². The van der Waals surface area contributed by atoms with E-state index in [0.29, 0.717) is 29.7 Å². The van der Waals surface area contributed by atoms with E-state index in [0.717, 1.165) is 10.5 Å². The third-order valence-electron chi connectivity index (χ3n) is 3.31. The van der Waals surface area contributed by atoms with E-state index in [1.54, 1.807) is 18.2 Å². The van der Waals surface area contributed by atoms with E-state index in [9.17, 15) is 18.0 Å². The maximum absolute atomic E-state index is 12.3. The van der Waals surface area contributed by atoms with Crippen molar-refractivity contribution in [1.29, 1.82) is 0 Å². The summed E-state index contributed by atoms with van der Waals surface area (Å²) in [6.07, 6.45) is -4.80. The average molecular weight is 341 g/mol. The Balaban J connectivity index is 1.91. The number of hydrogen-bond donors (Lipinski definition) is 0. The largest absolute Gasteiger partial charge is 0.471 e. The van der Waals surface area contributed by atoms with Crippen molar-refractivity contribution in [3.63, 3.8) is 0 Å². The van der Waals surface area contributed by atoms with Crippen LogP contribution in [0.25, 0.3) is 0 Å². The van der Waals surface area contributed by atoms with Gasteiger partial charge in [-0.3, -0.25) is 9.69 Å². The van der Waals surface area contributed by atoms with Gasteiger partial charge in [0.25, 0.3) is 0 Å². The lowest BCUT2D eigenvalue weighted by Gasteiger charge is -2.35. The van der Waals surface area contributed by atoms with Gasteiger partial charge in [0.05, 0.1) is 0 Å². The maximum atomic E-state index is 12.3. The topological polar surface area (TPSA) is 23.6 Å². The summed E-state index contributed by atoms with van der Waals surface area (Å²) in [7, 11) is 0. The van der Waals surface area contributed by atoms with Crippen molar-refractivity contribution in [3.05, 3.63) is 33.8 Å². The van der Waals surface area contributed by atoms with Crippen LogP contribution in [0.2, 0.25) is 10.0 Å². The molecule has 8 heteroatoms. The Bertz CT molecular complexity index is 529. The highest BCUT2D eigenvalue weighted by Gasteiger charge is 2.43. The second kappa shape index (κ2) is 6.42. The first kappa shape index (κ1) is 16.4. The van der Waals surface area contributed by atoms with Gasteiger partial charge in [0, 0.05) is 42.8 Å². The second-order valence-corrected chi connectivity index (χ2v) is 5.65. The van der Waals surface area contributed by atoms with Crippen molar-refractivity contribution in [2.24, 2.45) is 0 Å². The van der Waals surface area contributed by atoms with Crippen LogP contribution < -0.4 is 0 Å². The third-order valence-corrected chi connectivity index (χ3v) is 3.90. The van der Waals surface area contributed by atoms with E-state index >= 15 is 0 Å². The lowest BCUT2D eigenvalue weighted by atomic mass is 10.2. The van der Waals surface area contributed by atoms with Crippen LogP contribution in [0, 0.1) is 0 Å². The molecule has 0 saturated carbocycles. The van der Waals surface area contributed by atoms with Crippen LogP contribution in [0.15, 0.2) is 18.2 Å². The molecule has 0 unspecified atom stereocenters. The quantitative estimate of drug-likeness (QED) is 0.825. The predicted molar refractivity (Wildman–Crippen MR) is 74.4 cm³/mol. The molecule has 3 nitrogen and oxygen atoms in total. The van der Waals surface area contributed by atoms with E-state index in [2.05, 4.69) is 0 Å². The van der Waals surface area contributed by atoms with Crippen molar-refractivity contribution in [2.75, 3.05) is 26.2 Å². The number of benzene rings is 1. The minimum Gasteiger partial charge on any atom is -0.332 e. The van der Waals surface area contributed by atoms with Crippen molar-refractivity contribution in [3.8, 4) is 0 Å². The molecule has 0 radical (unpaired) electrons. The van der Waals surface area contributed by atoms with Crippen molar-refractivity contribution in [2.45, 2.75) is 12.7 Å². The fourth-order valence-electron chi connectivity index (χ4n) is 2.18. The molecule has 2 rings (SSSR count). The molecule has 1 aromatic rings. The number of halogens is 5. The summed E-state index contributed by atoms with van der Waals surface area (Å²) in [6, 6.07) is 5.13. The first-order valence-electron chi connectivity index (χ1n) is 6.30. The zero-order chi connectivity index (χ0) is 15.6. The Morgan fingerprint density at radius 3 is 2.29 bits per heavy atom. The summed E-state index contributed by atoms with van der Waals surface area (Å²) in [5.74, 6) is -1.77. The van der Waals surface area contributed by atoms with Gasteiger partial charge >= 0.3 is 12.1 Å². The number of piperazine rings is 1. The normalized spacial score (nSPS) is 17.1. The van der Waals surface area contributed by atoms with Crippen molar-refractivity contribution in [1.82, 2.24) is 9.80 Å². The van der Waals surface area contributed by atoms with Crippen LogP contribution in [0.4, 0.5) is 13.2 Å². The molecule has 21 heavy (non-hydrogen) atoms. The standard InChI is InChI=1S/C13H13Cl2F3N2O/c14-10-2-1-9(11(15)7-10)8-19-3-5-20(6-4-19)12(21)13(16,17)18/h1-2,7H,3-6,8H2. The number of carbonyl (C=O) groups is 1. The molecule has 1 amide bonds. The first-order valence-corrected chi connectivity index (χ1v) is 7.05. The lowest BCUT2D eigenvalue weighted by Crippen LogP contribution is -2.52. The monoisotopic (exact) mass is 340 g/mol. The fraction of sp³-hybridized carbons (Fsp3) is 0.462. The number of amides is 1. The summed E-state index contributed by atoms with van der Waals surface area (Å²) in [4.78, 5) is 13.9. The van der Waals surface area contributed by atoms with E-state index in [4.69, 9.17) is 23.2 Å². The summed E-state index contributed by atoms with van der Waals surface area (Å²) < 4.78 is 37.0. The zero-order valence-corrected chi connectivity index (χ0v) is 12.5. The molecule has 116 valence electrons. The van der Waals surface area contributed by atoms with E-state index < -0.39 is 12.1 Å². The highest BCUT2D eigenvalue weighted by atomic mass is 35.5. The lowest BCUT2D eigenvalue weighted by molar-refractivity contribution is -0.187. The van der Waals surface area contributed by atoms with Crippen LogP contribution in [-0.4, -0.2) is 48.1 Å². The number of rotatable bonds is 2. The smallest absolute Gasteiger partial charge is 0.332 e. The average Bonchev–Trinajstić information content (AvgIpc) is 2.41. The van der Waals surface area contributed by atoms with E-state index in [1.807, 2.05) is 4.90 Å². The van der Waals surface area contributed by atoms with Crippen LogP contribution in [-0.2, 0) is 11.3 Å². The number of hydrogen-bond acceptors (Lipinski definition) is 2. The van der Waals surface area contributed by atoms with Crippen LogP contribution in [0.5, 0.6) is 0 Å². The van der Waals surface area contributed by atoms with E-state index in [1.165, 1.54) is 0 Å². The Morgan fingerprint density at radius 2 is 1.76 bits per heavy atom. The van der Waals surface area contributed by atoms with Gasteiger partial charge in [0.15, 0.2) is 0 Å². The van der Waals surface area contributed by atoms with Crippen molar-refractivity contribution < 1.29 is 18.0 Å². The highest BCUT2D eigenvalue weighted by molar-refractivity contribution is 6.35. The molecular weight excluding hydrogens is 328 g/mol. The van der Waals surface area contributed by atoms with Gasteiger partial charge in [-0.15, -0.1) is 0 Å². The molecule has 1 aliphatic heterocycles. The third kappa shape index (κ3) is 4.25. The molecular formula is C13H13Cl2F3N2O. The zero-order valence-electron chi connectivity index (χ0n) is 11.0. The Labute approximate surface area is 130 Å². The number of alkyl halides is 3. The fourth-order valence-corrected chi connectivity index (χ4v) is 2.65.